The van der Waals surface area contributed by atoms with Gasteiger partial charge < -0.3 is 25.3 Å². The average Bonchev–Trinajstić information content (AvgIpc) is 3.03. The van der Waals surface area contributed by atoms with Gasteiger partial charge in [0.25, 0.3) is 5.91 Å². The third-order valence-electron chi connectivity index (χ3n) is 3.39. The summed E-state index contributed by atoms with van der Waals surface area (Å²) in [6.07, 6.45) is 0.425. The van der Waals surface area contributed by atoms with E-state index in [-0.39, 0.29) is 18.0 Å². The second-order valence-corrected chi connectivity index (χ2v) is 6.84. The number of alkyl carbamates (subject to hydrolysis) is 1. The lowest BCUT2D eigenvalue weighted by Gasteiger charge is -2.22. The fraction of sp³-hybridized carbons (Fsp3) is 0.333. The number of carboxylic acids is 1. The lowest BCUT2D eigenvalue weighted by molar-refractivity contribution is -0.139. The molecular weight excluding hydrogens is 354 g/mol. The van der Waals surface area contributed by atoms with Crippen molar-refractivity contribution in [2.75, 3.05) is 0 Å². The van der Waals surface area contributed by atoms with Crippen molar-refractivity contribution in [2.24, 2.45) is 5.73 Å². The summed E-state index contributed by atoms with van der Waals surface area (Å²) in [5.74, 6) is -1.65. The highest BCUT2D eigenvalue weighted by Gasteiger charge is 2.24. The van der Waals surface area contributed by atoms with Crippen molar-refractivity contribution in [1.29, 1.82) is 0 Å². The van der Waals surface area contributed by atoms with Crippen LogP contribution in [0.25, 0.3) is 11.5 Å². The number of hydrogen-bond donors (Lipinski definition) is 3. The number of amides is 2. The van der Waals surface area contributed by atoms with E-state index in [1.165, 1.54) is 0 Å². The van der Waals surface area contributed by atoms with Crippen molar-refractivity contribution < 1.29 is 28.6 Å². The number of ether oxygens (including phenoxy) is 1. The van der Waals surface area contributed by atoms with Crippen molar-refractivity contribution in [3.63, 3.8) is 0 Å². The Bertz CT molecular complexity index is 836. The lowest BCUT2D eigenvalue weighted by atomic mass is 10.0. The molecule has 9 heteroatoms. The molecule has 0 aliphatic heterocycles. The molecule has 1 aromatic carbocycles. The summed E-state index contributed by atoms with van der Waals surface area (Å²) >= 11 is 0. The molecule has 0 fully saturated rings. The van der Waals surface area contributed by atoms with Crippen LogP contribution in [0.4, 0.5) is 4.79 Å². The van der Waals surface area contributed by atoms with E-state index in [2.05, 4.69) is 10.3 Å². The third kappa shape index (κ3) is 5.84. The molecule has 0 saturated heterocycles. The Labute approximate surface area is 155 Å². The molecule has 2 amide bonds. The number of hydrogen-bond acceptors (Lipinski definition) is 6. The summed E-state index contributed by atoms with van der Waals surface area (Å²) in [5, 5.41) is 11.7. The van der Waals surface area contributed by atoms with Gasteiger partial charge in [-0.25, -0.2) is 14.6 Å². The molecular formula is C18H21N3O6. The summed E-state index contributed by atoms with van der Waals surface area (Å²) in [6.45, 7) is 5.06. The largest absolute Gasteiger partial charge is 0.480 e. The first-order valence-corrected chi connectivity index (χ1v) is 8.12. The standard InChI is InChI=1S/C18H21N3O6/c1-18(2,3)27-17(25)21-12(16(23)24)8-10-4-6-11(7-5-10)15-20-13(9-26-15)14(19)22/h4-7,9,12H,8H2,1-3H3,(H2,19,22)(H,21,25)(H,23,24). The van der Waals surface area contributed by atoms with Crippen molar-refractivity contribution in [1.82, 2.24) is 10.3 Å². The maximum absolute atomic E-state index is 11.8. The summed E-state index contributed by atoms with van der Waals surface area (Å²) in [5.41, 5.74) is 5.68. The quantitative estimate of drug-likeness (QED) is 0.699. The second kappa shape index (κ2) is 7.90. The number of carboxylic acid groups (broad SMARTS) is 1. The number of nitrogens with one attached hydrogen (secondary N) is 1. The van der Waals surface area contributed by atoms with E-state index < -0.39 is 29.6 Å². The monoisotopic (exact) mass is 375 g/mol. The fourth-order valence-corrected chi connectivity index (χ4v) is 2.19. The molecule has 1 unspecified atom stereocenters. The van der Waals surface area contributed by atoms with Gasteiger partial charge >= 0.3 is 12.1 Å². The SMILES string of the molecule is CC(C)(C)OC(=O)NC(Cc1ccc(-c2nc(C(N)=O)co2)cc1)C(=O)O. The first-order chi connectivity index (χ1) is 12.5. The van der Waals surface area contributed by atoms with E-state index in [1.807, 2.05) is 0 Å². The summed E-state index contributed by atoms with van der Waals surface area (Å²) in [7, 11) is 0. The van der Waals surface area contributed by atoms with Gasteiger partial charge in [-0.05, 0) is 38.5 Å². The van der Waals surface area contributed by atoms with Crippen LogP contribution in [0.5, 0.6) is 0 Å². The minimum atomic E-state index is -1.18. The molecule has 0 spiro atoms. The Hall–Kier alpha value is -3.36. The zero-order valence-corrected chi connectivity index (χ0v) is 15.2. The van der Waals surface area contributed by atoms with Gasteiger partial charge in [0.2, 0.25) is 5.89 Å². The zero-order chi connectivity index (χ0) is 20.2. The van der Waals surface area contributed by atoms with Crippen LogP contribution in [0.3, 0.4) is 0 Å². The number of nitrogens with two attached hydrogens (primary N) is 1. The molecule has 0 aliphatic rings. The van der Waals surface area contributed by atoms with E-state index in [0.29, 0.717) is 11.1 Å². The number of oxazole rings is 1. The van der Waals surface area contributed by atoms with Crippen LogP contribution in [0.15, 0.2) is 34.9 Å². The number of benzene rings is 1. The second-order valence-electron chi connectivity index (χ2n) is 6.84. The van der Waals surface area contributed by atoms with Crippen molar-refractivity contribution in [3.8, 4) is 11.5 Å². The number of aromatic nitrogens is 1. The van der Waals surface area contributed by atoms with E-state index in [9.17, 15) is 19.5 Å². The average molecular weight is 375 g/mol. The first kappa shape index (κ1) is 20.0. The molecule has 0 bridgehead atoms. The lowest BCUT2D eigenvalue weighted by Crippen LogP contribution is -2.44. The number of carbonyl (C=O) groups excluding carboxylic acids is 2. The van der Waals surface area contributed by atoms with Crippen LogP contribution >= 0.6 is 0 Å². The van der Waals surface area contributed by atoms with Crippen molar-refractivity contribution in [2.45, 2.75) is 38.8 Å². The maximum Gasteiger partial charge on any atom is 0.408 e. The van der Waals surface area contributed by atoms with E-state index >= 15 is 0 Å². The molecule has 9 nitrogen and oxygen atoms in total. The van der Waals surface area contributed by atoms with Crippen molar-refractivity contribution in [3.05, 3.63) is 41.8 Å². The van der Waals surface area contributed by atoms with Crippen LogP contribution in [-0.2, 0) is 16.0 Å². The molecule has 0 aliphatic carbocycles. The Morgan fingerprint density at radius 3 is 2.37 bits per heavy atom. The van der Waals surface area contributed by atoms with Gasteiger partial charge in [-0.3, -0.25) is 4.79 Å². The van der Waals surface area contributed by atoms with Crippen molar-refractivity contribution >= 4 is 18.0 Å². The molecule has 0 saturated carbocycles. The summed E-state index contributed by atoms with van der Waals surface area (Å²) < 4.78 is 10.3. The van der Waals surface area contributed by atoms with Crippen LogP contribution in [-0.4, -0.2) is 39.7 Å². The van der Waals surface area contributed by atoms with E-state index in [0.717, 1.165) is 6.26 Å². The van der Waals surface area contributed by atoms with Crippen LogP contribution < -0.4 is 11.1 Å². The topological polar surface area (TPSA) is 145 Å². The minimum absolute atomic E-state index is 0.0154. The molecule has 1 aromatic heterocycles. The number of nitrogens with zero attached hydrogens (tertiary/aromatic N) is 1. The smallest absolute Gasteiger partial charge is 0.408 e. The van der Waals surface area contributed by atoms with Crippen LogP contribution in [0, 0.1) is 0 Å². The molecule has 4 N–H and O–H groups in total. The minimum Gasteiger partial charge on any atom is -0.480 e. The van der Waals surface area contributed by atoms with Gasteiger partial charge in [0, 0.05) is 12.0 Å². The first-order valence-electron chi connectivity index (χ1n) is 8.12. The number of primary amides is 1. The molecule has 1 atom stereocenters. The normalized spacial score (nSPS) is 12.3. The zero-order valence-electron chi connectivity index (χ0n) is 15.2. The molecule has 144 valence electrons. The molecule has 27 heavy (non-hydrogen) atoms. The highest BCUT2D eigenvalue weighted by molar-refractivity contribution is 5.90. The third-order valence-corrected chi connectivity index (χ3v) is 3.39. The molecule has 2 aromatic rings. The van der Waals surface area contributed by atoms with Crippen LogP contribution in [0.2, 0.25) is 0 Å². The van der Waals surface area contributed by atoms with E-state index in [1.54, 1.807) is 45.0 Å². The Morgan fingerprint density at radius 1 is 1.26 bits per heavy atom. The number of aliphatic carboxylic acids is 1. The predicted molar refractivity (Wildman–Crippen MR) is 95.0 cm³/mol. The number of rotatable bonds is 6. The molecule has 1 heterocycles. The number of carbonyl (C=O) groups is 3. The van der Waals surface area contributed by atoms with Gasteiger partial charge in [0.15, 0.2) is 5.69 Å². The highest BCUT2D eigenvalue weighted by atomic mass is 16.6. The van der Waals surface area contributed by atoms with E-state index in [4.69, 9.17) is 14.9 Å². The van der Waals surface area contributed by atoms with Gasteiger partial charge in [0.05, 0.1) is 0 Å². The molecule has 0 radical (unpaired) electrons. The van der Waals surface area contributed by atoms with Crippen LogP contribution in [0.1, 0.15) is 36.8 Å². The predicted octanol–water partition coefficient (Wildman–Crippen LogP) is 1.96. The maximum atomic E-state index is 11.8. The van der Waals surface area contributed by atoms with Gasteiger partial charge in [-0.2, -0.15) is 0 Å². The van der Waals surface area contributed by atoms with Gasteiger partial charge in [-0.15, -0.1) is 0 Å². The van der Waals surface area contributed by atoms with Gasteiger partial charge in [0.1, 0.15) is 17.9 Å². The summed E-state index contributed by atoms with van der Waals surface area (Å²) in [6, 6.07) is 5.54. The van der Waals surface area contributed by atoms with Gasteiger partial charge in [-0.1, -0.05) is 12.1 Å². The Balaban J connectivity index is 2.07. The Morgan fingerprint density at radius 2 is 1.89 bits per heavy atom. The Kier molecular flexibility index (Phi) is 5.84. The fourth-order valence-electron chi connectivity index (χ4n) is 2.19. The molecule has 2 rings (SSSR count). The highest BCUT2D eigenvalue weighted by Crippen LogP contribution is 2.20. The summed E-state index contributed by atoms with van der Waals surface area (Å²) in [4.78, 5) is 38.2.